The summed E-state index contributed by atoms with van der Waals surface area (Å²) >= 11 is 0. The number of aryl methyl sites for hydroxylation is 1. The van der Waals surface area contributed by atoms with Gasteiger partial charge in [0.2, 0.25) is 0 Å². The molecule has 0 aliphatic carbocycles. The molecule has 1 heterocycles. The van der Waals surface area contributed by atoms with Crippen molar-refractivity contribution in [2.24, 2.45) is 0 Å². The number of anilines is 2. The first-order chi connectivity index (χ1) is 12.1. The number of amides is 1. The van der Waals surface area contributed by atoms with Crippen LogP contribution in [0.4, 0.5) is 11.4 Å². The average Bonchev–Trinajstić information content (AvgIpc) is 2.62. The van der Waals surface area contributed by atoms with Gasteiger partial charge in [-0.25, -0.2) is 0 Å². The second-order valence-electron chi connectivity index (χ2n) is 6.31. The normalized spacial score (nSPS) is 10.6. The van der Waals surface area contributed by atoms with E-state index in [9.17, 15) is 4.79 Å². The summed E-state index contributed by atoms with van der Waals surface area (Å²) in [6.45, 7) is 10.8. The molecule has 4 heteroatoms. The Morgan fingerprint density at radius 2 is 1.72 bits per heavy atom. The molecule has 0 aliphatic heterocycles. The highest BCUT2D eigenvalue weighted by Gasteiger charge is 2.17. The molecular weight excluding hydrogens is 310 g/mol. The van der Waals surface area contributed by atoms with Crippen molar-refractivity contribution in [2.75, 3.05) is 24.5 Å². The van der Waals surface area contributed by atoms with E-state index >= 15 is 0 Å². The lowest BCUT2D eigenvalue weighted by Gasteiger charge is -2.25. The predicted octanol–water partition coefficient (Wildman–Crippen LogP) is 4.81. The molecule has 0 N–H and O–H groups in total. The van der Waals surface area contributed by atoms with Crippen LogP contribution in [0.25, 0.3) is 0 Å². The topological polar surface area (TPSA) is 36.4 Å². The second-order valence-corrected chi connectivity index (χ2v) is 6.31. The zero-order chi connectivity index (χ0) is 18.2. The van der Waals surface area contributed by atoms with Gasteiger partial charge in [0.05, 0.1) is 17.4 Å². The van der Waals surface area contributed by atoms with Crippen LogP contribution in [0.15, 0.2) is 42.7 Å². The molecule has 25 heavy (non-hydrogen) atoms. The standard InChI is InChI=1S/C21H29N3O/c1-5-11-23(12-6-2)21(25)18-14-20(16-22-15-18)24(7-3)19-10-8-9-17(4)13-19/h8-10,13-16H,5-7,11-12H2,1-4H3. The van der Waals surface area contributed by atoms with Crippen molar-refractivity contribution in [3.63, 3.8) is 0 Å². The first-order valence-electron chi connectivity index (χ1n) is 9.19. The van der Waals surface area contributed by atoms with E-state index in [1.807, 2.05) is 17.2 Å². The molecule has 0 atom stereocenters. The smallest absolute Gasteiger partial charge is 0.255 e. The largest absolute Gasteiger partial charge is 0.340 e. The molecule has 4 nitrogen and oxygen atoms in total. The van der Waals surface area contributed by atoms with Crippen molar-refractivity contribution in [1.82, 2.24) is 9.88 Å². The summed E-state index contributed by atoms with van der Waals surface area (Å²) < 4.78 is 0. The Morgan fingerprint density at radius 3 is 2.32 bits per heavy atom. The molecule has 0 spiro atoms. The number of pyridine rings is 1. The van der Waals surface area contributed by atoms with E-state index in [0.29, 0.717) is 5.56 Å². The Kier molecular flexibility index (Phi) is 6.99. The highest BCUT2D eigenvalue weighted by Crippen LogP contribution is 2.26. The number of benzene rings is 1. The average molecular weight is 339 g/mol. The summed E-state index contributed by atoms with van der Waals surface area (Å²) in [5, 5.41) is 0. The molecular formula is C21H29N3O. The number of hydrogen-bond donors (Lipinski definition) is 0. The van der Waals surface area contributed by atoms with Crippen molar-refractivity contribution in [3.05, 3.63) is 53.9 Å². The Morgan fingerprint density at radius 1 is 1.00 bits per heavy atom. The lowest BCUT2D eigenvalue weighted by atomic mass is 10.1. The van der Waals surface area contributed by atoms with Crippen LogP contribution in [0, 0.1) is 6.92 Å². The first-order valence-corrected chi connectivity index (χ1v) is 9.19. The molecule has 0 bridgehead atoms. The minimum atomic E-state index is 0.0679. The molecule has 0 radical (unpaired) electrons. The predicted molar refractivity (Wildman–Crippen MR) is 105 cm³/mol. The molecule has 1 aromatic heterocycles. The molecule has 0 fully saturated rings. The van der Waals surface area contributed by atoms with E-state index in [0.717, 1.165) is 43.9 Å². The van der Waals surface area contributed by atoms with Crippen LogP contribution in [0.5, 0.6) is 0 Å². The number of carbonyl (C=O) groups is 1. The SMILES string of the molecule is CCCN(CCC)C(=O)c1cncc(N(CC)c2cccc(C)c2)c1. The lowest BCUT2D eigenvalue weighted by Crippen LogP contribution is -2.32. The number of hydrogen-bond acceptors (Lipinski definition) is 3. The maximum Gasteiger partial charge on any atom is 0.255 e. The van der Waals surface area contributed by atoms with Crippen LogP contribution >= 0.6 is 0 Å². The van der Waals surface area contributed by atoms with E-state index in [1.165, 1.54) is 5.56 Å². The fourth-order valence-electron chi connectivity index (χ4n) is 3.04. The molecule has 0 aliphatic rings. The Hall–Kier alpha value is -2.36. The van der Waals surface area contributed by atoms with Crippen LogP contribution in [0.2, 0.25) is 0 Å². The fourth-order valence-corrected chi connectivity index (χ4v) is 3.04. The summed E-state index contributed by atoms with van der Waals surface area (Å²) in [5.41, 5.74) is 3.94. The second kappa shape index (κ2) is 9.21. The fraction of sp³-hybridized carbons (Fsp3) is 0.429. The van der Waals surface area contributed by atoms with Crippen molar-refractivity contribution in [2.45, 2.75) is 40.5 Å². The number of carbonyl (C=O) groups excluding carboxylic acids is 1. The molecule has 2 rings (SSSR count). The van der Waals surface area contributed by atoms with Gasteiger partial charge in [-0.2, -0.15) is 0 Å². The van der Waals surface area contributed by atoms with Crippen LogP contribution in [0.1, 0.15) is 49.5 Å². The van der Waals surface area contributed by atoms with E-state index in [1.54, 1.807) is 6.20 Å². The number of nitrogens with zero attached hydrogens (tertiary/aromatic N) is 3. The lowest BCUT2D eigenvalue weighted by molar-refractivity contribution is 0.0755. The van der Waals surface area contributed by atoms with Gasteiger partial charge in [-0.1, -0.05) is 26.0 Å². The van der Waals surface area contributed by atoms with Gasteiger partial charge in [0.25, 0.3) is 5.91 Å². The van der Waals surface area contributed by atoms with Crippen LogP contribution in [-0.4, -0.2) is 35.4 Å². The molecule has 0 saturated heterocycles. The Labute approximate surface area is 151 Å². The van der Waals surface area contributed by atoms with Gasteiger partial charge in [0, 0.05) is 31.5 Å². The van der Waals surface area contributed by atoms with E-state index in [4.69, 9.17) is 0 Å². The quantitative estimate of drug-likeness (QED) is 0.692. The summed E-state index contributed by atoms with van der Waals surface area (Å²) in [6.07, 6.45) is 5.42. The Bertz CT molecular complexity index is 693. The maximum atomic E-state index is 12.8. The van der Waals surface area contributed by atoms with Crippen LogP contribution in [-0.2, 0) is 0 Å². The van der Waals surface area contributed by atoms with Crippen LogP contribution < -0.4 is 4.90 Å². The molecule has 134 valence electrons. The van der Waals surface area contributed by atoms with E-state index < -0.39 is 0 Å². The van der Waals surface area contributed by atoms with Gasteiger partial charge in [0.1, 0.15) is 0 Å². The highest BCUT2D eigenvalue weighted by atomic mass is 16.2. The van der Waals surface area contributed by atoms with Gasteiger partial charge < -0.3 is 9.80 Å². The third-order valence-electron chi connectivity index (χ3n) is 4.19. The highest BCUT2D eigenvalue weighted by molar-refractivity contribution is 5.95. The molecule has 1 amide bonds. The van der Waals surface area contributed by atoms with Crippen molar-refractivity contribution >= 4 is 17.3 Å². The summed E-state index contributed by atoms with van der Waals surface area (Å²) in [7, 11) is 0. The minimum absolute atomic E-state index is 0.0679. The van der Waals surface area contributed by atoms with Crippen LogP contribution in [0.3, 0.4) is 0 Å². The monoisotopic (exact) mass is 339 g/mol. The van der Waals surface area contributed by atoms with E-state index in [2.05, 4.69) is 61.8 Å². The zero-order valence-electron chi connectivity index (χ0n) is 15.8. The minimum Gasteiger partial charge on any atom is -0.340 e. The van der Waals surface area contributed by atoms with Gasteiger partial charge in [-0.3, -0.25) is 9.78 Å². The van der Waals surface area contributed by atoms with Crippen molar-refractivity contribution in [3.8, 4) is 0 Å². The van der Waals surface area contributed by atoms with Gasteiger partial charge >= 0.3 is 0 Å². The Balaban J connectivity index is 2.31. The molecule has 2 aromatic rings. The van der Waals surface area contributed by atoms with Gasteiger partial charge in [-0.15, -0.1) is 0 Å². The first kappa shape index (κ1) is 19.0. The van der Waals surface area contributed by atoms with Gasteiger partial charge in [-0.05, 0) is 50.5 Å². The van der Waals surface area contributed by atoms with E-state index in [-0.39, 0.29) is 5.91 Å². The third-order valence-corrected chi connectivity index (χ3v) is 4.19. The van der Waals surface area contributed by atoms with Crippen molar-refractivity contribution in [1.29, 1.82) is 0 Å². The number of aromatic nitrogens is 1. The molecule has 0 unspecified atom stereocenters. The summed E-state index contributed by atoms with van der Waals surface area (Å²) in [4.78, 5) is 21.3. The third kappa shape index (κ3) is 4.81. The number of rotatable bonds is 8. The zero-order valence-corrected chi connectivity index (χ0v) is 15.8. The molecule has 1 aromatic carbocycles. The summed E-state index contributed by atoms with van der Waals surface area (Å²) in [6, 6.07) is 10.3. The summed E-state index contributed by atoms with van der Waals surface area (Å²) in [5.74, 6) is 0.0679. The van der Waals surface area contributed by atoms with Crippen molar-refractivity contribution < 1.29 is 4.79 Å². The maximum absolute atomic E-state index is 12.8. The van der Waals surface area contributed by atoms with Gasteiger partial charge in [0.15, 0.2) is 0 Å². The molecule has 0 saturated carbocycles.